The molecule has 0 aromatic rings. The van der Waals surface area contributed by atoms with E-state index in [2.05, 4.69) is 10.6 Å². The zero-order chi connectivity index (χ0) is 15.0. The number of fused-ring (bicyclic) bond motifs is 2. The number of likely N-dealkylation sites (tertiary alicyclic amines) is 1. The summed E-state index contributed by atoms with van der Waals surface area (Å²) in [5.74, 6) is -0.0883. The quantitative estimate of drug-likeness (QED) is 0.727. The Hall–Kier alpha value is -1.43. The molecule has 0 spiro atoms. The molecule has 6 heteroatoms. The minimum Gasteiger partial charge on any atom is -0.344 e. The molecular weight excluding hydrogens is 270 g/mol. The second-order valence-corrected chi connectivity index (χ2v) is 6.63. The first-order valence-electron chi connectivity index (χ1n) is 7.88. The first kappa shape index (κ1) is 14.5. The molecule has 3 rings (SSSR count). The van der Waals surface area contributed by atoms with Gasteiger partial charge in [-0.05, 0) is 38.0 Å². The molecular formula is C15H23N3O3. The van der Waals surface area contributed by atoms with Crippen molar-refractivity contribution in [2.75, 3.05) is 7.05 Å². The summed E-state index contributed by atoms with van der Waals surface area (Å²) >= 11 is 0. The average Bonchev–Trinajstić information content (AvgIpc) is 2.79. The highest BCUT2D eigenvalue weighted by atomic mass is 16.2. The van der Waals surface area contributed by atoms with Crippen molar-refractivity contribution in [1.29, 1.82) is 0 Å². The van der Waals surface area contributed by atoms with Gasteiger partial charge in [-0.2, -0.15) is 0 Å². The maximum atomic E-state index is 12.2. The van der Waals surface area contributed by atoms with Crippen LogP contribution in [0.25, 0.3) is 0 Å². The van der Waals surface area contributed by atoms with Gasteiger partial charge in [0, 0.05) is 32.0 Å². The van der Waals surface area contributed by atoms with Gasteiger partial charge in [0.05, 0.1) is 0 Å². The van der Waals surface area contributed by atoms with Crippen LogP contribution in [0, 0.1) is 5.92 Å². The lowest BCUT2D eigenvalue weighted by atomic mass is 9.89. The van der Waals surface area contributed by atoms with Crippen LogP contribution in [0.15, 0.2) is 0 Å². The molecule has 0 radical (unpaired) electrons. The van der Waals surface area contributed by atoms with Gasteiger partial charge in [0.15, 0.2) is 0 Å². The van der Waals surface area contributed by atoms with E-state index in [0.717, 1.165) is 17.7 Å². The van der Waals surface area contributed by atoms with Crippen molar-refractivity contribution in [3.8, 4) is 0 Å². The number of amides is 3. The third kappa shape index (κ3) is 3.10. The molecule has 3 heterocycles. The predicted octanol–water partition coefficient (Wildman–Crippen LogP) is 0.171. The molecule has 6 nitrogen and oxygen atoms in total. The summed E-state index contributed by atoms with van der Waals surface area (Å²) in [5, 5.41) is 6.38. The topological polar surface area (TPSA) is 78.5 Å². The summed E-state index contributed by atoms with van der Waals surface area (Å²) < 4.78 is 0. The number of nitrogens with zero attached hydrogens (tertiary/aromatic N) is 1. The van der Waals surface area contributed by atoms with Crippen molar-refractivity contribution in [2.24, 2.45) is 5.92 Å². The second kappa shape index (κ2) is 5.75. The van der Waals surface area contributed by atoms with Crippen LogP contribution >= 0.6 is 0 Å². The minimum atomic E-state index is -0.529. The van der Waals surface area contributed by atoms with Crippen LogP contribution in [-0.4, -0.2) is 47.8 Å². The zero-order valence-electron chi connectivity index (χ0n) is 12.4. The Bertz CT molecular complexity index is 453. The first-order valence-corrected chi connectivity index (χ1v) is 7.88. The molecule has 3 atom stereocenters. The number of piperidine rings is 2. The Morgan fingerprint density at radius 1 is 1.24 bits per heavy atom. The van der Waals surface area contributed by atoms with Gasteiger partial charge in [-0.3, -0.25) is 19.3 Å². The molecule has 0 aromatic heterocycles. The van der Waals surface area contributed by atoms with Crippen LogP contribution in [0.5, 0.6) is 0 Å². The van der Waals surface area contributed by atoms with Crippen LogP contribution in [0.4, 0.5) is 0 Å². The van der Waals surface area contributed by atoms with Crippen molar-refractivity contribution in [1.82, 2.24) is 15.5 Å². The predicted molar refractivity (Wildman–Crippen MR) is 76.2 cm³/mol. The SMILES string of the molecule is CN1C(=O)CCC(NC(=O)CC2CC3CCC(C2)N3)C1=O. The number of nitrogens with one attached hydrogen (secondary N) is 2. The Kier molecular flexibility index (Phi) is 3.97. The van der Waals surface area contributed by atoms with Crippen molar-refractivity contribution < 1.29 is 14.4 Å². The van der Waals surface area contributed by atoms with E-state index in [9.17, 15) is 14.4 Å². The molecule has 0 aliphatic carbocycles. The normalized spacial score (nSPS) is 36.0. The lowest BCUT2D eigenvalue weighted by Crippen LogP contribution is -2.53. The third-order valence-corrected chi connectivity index (χ3v) is 5.03. The summed E-state index contributed by atoms with van der Waals surface area (Å²) in [5.41, 5.74) is 0. The van der Waals surface area contributed by atoms with Gasteiger partial charge >= 0.3 is 0 Å². The Morgan fingerprint density at radius 2 is 1.90 bits per heavy atom. The van der Waals surface area contributed by atoms with Gasteiger partial charge in [-0.1, -0.05) is 0 Å². The molecule has 3 aliphatic rings. The van der Waals surface area contributed by atoms with Gasteiger partial charge in [0.25, 0.3) is 5.91 Å². The highest BCUT2D eigenvalue weighted by Crippen LogP contribution is 2.32. The van der Waals surface area contributed by atoms with E-state index < -0.39 is 6.04 Å². The van der Waals surface area contributed by atoms with Gasteiger partial charge in [-0.15, -0.1) is 0 Å². The van der Waals surface area contributed by atoms with Crippen LogP contribution in [-0.2, 0) is 14.4 Å². The van der Waals surface area contributed by atoms with Crippen LogP contribution in [0.3, 0.4) is 0 Å². The highest BCUT2D eigenvalue weighted by molar-refractivity contribution is 6.01. The van der Waals surface area contributed by atoms with Crippen LogP contribution in [0.1, 0.15) is 44.9 Å². The molecule has 3 aliphatic heterocycles. The first-order chi connectivity index (χ1) is 10.0. The fourth-order valence-electron chi connectivity index (χ4n) is 3.91. The molecule has 0 aromatic carbocycles. The number of hydrogen-bond acceptors (Lipinski definition) is 4. The molecule has 0 saturated carbocycles. The van der Waals surface area contributed by atoms with Gasteiger partial charge < -0.3 is 10.6 Å². The third-order valence-electron chi connectivity index (χ3n) is 5.03. The molecule has 3 fully saturated rings. The van der Waals surface area contributed by atoms with Crippen molar-refractivity contribution >= 4 is 17.7 Å². The fraction of sp³-hybridized carbons (Fsp3) is 0.800. The summed E-state index contributed by atoms with van der Waals surface area (Å²) in [6.45, 7) is 0. The molecule has 21 heavy (non-hydrogen) atoms. The van der Waals surface area contributed by atoms with E-state index in [4.69, 9.17) is 0 Å². The van der Waals surface area contributed by atoms with Gasteiger partial charge in [-0.25, -0.2) is 0 Å². The van der Waals surface area contributed by atoms with E-state index in [1.165, 1.54) is 19.9 Å². The van der Waals surface area contributed by atoms with E-state index >= 15 is 0 Å². The number of likely N-dealkylation sites (N-methyl/N-ethyl adjacent to an activating group) is 1. The molecule has 2 bridgehead atoms. The van der Waals surface area contributed by atoms with Gasteiger partial charge in [0.1, 0.15) is 6.04 Å². The largest absolute Gasteiger partial charge is 0.344 e. The summed E-state index contributed by atoms with van der Waals surface area (Å²) in [7, 11) is 1.48. The lowest BCUT2D eigenvalue weighted by molar-refractivity contribution is -0.149. The van der Waals surface area contributed by atoms with Crippen LogP contribution in [0.2, 0.25) is 0 Å². The maximum absolute atomic E-state index is 12.2. The van der Waals surface area contributed by atoms with E-state index in [1.54, 1.807) is 0 Å². The van der Waals surface area contributed by atoms with Crippen molar-refractivity contribution in [2.45, 2.75) is 63.1 Å². The fourth-order valence-corrected chi connectivity index (χ4v) is 3.91. The van der Waals surface area contributed by atoms with E-state index in [0.29, 0.717) is 37.3 Å². The Balaban J connectivity index is 1.50. The molecule has 3 amide bonds. The maximum Gasteiger partial charge on any atom is 0.251 e. The van der Waals surface area contributed by atoms with Crippen molar-refractivity contribution in [3.63, 3.8) is 0 Å². The molecule has 3 saturated heterocycles. The smallest absolute Gasteiger partial charge is 0.251 e. The summed E-state index contributed by atoms with van der Waals surface area (Å²) in [6.07, 6.45) is 5.79. The van der Waals surface area contributed by atoms with Crippen LogP contribution < -0.4 is 10.6 Å². The number of carbonyl (C=O) groups is 3. The second-order valence-electron chi connectivity index (χ2n) is 6.63. The van der Waals surface area contributed by atoms with Crippen molar-refractivity contribution in [3.05, 3.63) is 0 Å². The highest BCUT2D eigenvalue weighted by Gasteiger charge is 2.36. The lowest BCUT2D eigenvalue weighted by Gasteiger charge is -2.31. The molecule has 2 N–H and O–H groups in total. The molecule has 3 unspecified atom stereocenters. The Morgan fingerprint density at radius 3 is 2.57 bits per heavy atom. The number of imide groups is 1. The monoisotopic (exact) mass is 293 g/mol. The minimum absolute atomic E-state index is 0.0533. The Labute approximate surface area is 124 Å². The number of rotatable bonds is 3. The van der Waals surface area contributed by atoms with Gasteiger partial charge in [0.2, 0.25) is 11.8 Å². The standard InChI is InChI=1S/C15H23N3O3/c1-18-14(20)5-4-12(15(18)21)17-13(19)8-9-6-10-2-3-11(7-9)16-10/h9-12,16H,2-8H2,1H3,(H,17,19). The van der Waals surface area contributed by atoms with E-state index in [1.807, 2.05) is 0 Å². The number of hydrogen-bond donors (Lipinski definition) is 2. The summed E-state index contributed by atoms with van der Waals surface area (Å²) in [6, 6.07) is 0.613. The zero-order valence-corrected chi connectivity index (χ0v) is 12.4. The average molecular weight is 293 g/mol. The summed E-state index contributed by atoms with van der Waals surface area (Å²) in [4.78, 5) is 36.7. The molecule has 116 valence electrons. The number of carbonyl (C=O) groups excluding carboxylic acids is 3. The van der Waals surface area contributed by atoms with E-state index in [-0.39, 0.29) is 17.7 Å².